The van der Waals surface area contributed by atoms with Gasteiger partial charge in [0, 0.05) is 5.39 Å². The van der Waals surface area contributed by atoms with E-state index in [9.17, 15) is 17.6 Å². The van der Waals surface area contributed by atoms with Gasteiger partial charge in [-0.15, -0.1) is 0 Å². The van der Waals surface area contributed by atoms with Gasteiger partial charge in [-0.2, -0.15) is 13.2 Å². The van der Waals surface area contributed by atoms with Crippen LogP contribution in [-0.2, 0) is 11.7 Å². The first-order valence-electron chi connectivity index (χ1n) is 7.76. The molecule has 0 spiro atoms. The van der Waals surface area contributed by atoms with Crippen LogP contribution in [0.4, 0.5) is 23.4 Å². The van der Waals surface area contributed by atoms with Crippen LogP contribution >= 0.6 is 0 Å². The summed E-state index contributed by atoms with van der Waals surface area (Å²) >= 11 is 0. The lowest BCUT2D eigenvalue weighted by Gasteiger charge is -2.20. The lowest BCUT2D eigenvalue weighted by Crippen LogP contribution is -2.21. The normalized spacial score (nSPS) is 16.0. The zero-order valence-electron chi connectivity index (χ0n) is 12.9. The molecule has 1 aromatic heterocycles. The van der Waals surface area contributed by atoms with Gasteiger partial charge in [-0.25, -0.2) is 14.4 Å². The number of benzene rings is 2. The van der Waals surface area contributed by atoms with Crippen molar-refractivity contribution in [3.8, 4) is 0 Å². The number of rotatable bonds is 3. The quantitative estimate of drug-likeness (QED) is 0.686. The summed E-state index contributed by atoms with van der Waals surface area (Å²) < 4.78 is 53.0. The van der Waals surface area contributed by atoms with Crippen molar-refractivity contribution in [2.75, 3.05) is 5.32 Å². The maximum Gasteiger partial charge on any atom is 0.451 e. The number of hydrogen-bond acceptors (Lipinski definition) is 3. The van der Waals surface area contributed by atoms with Crippen molar-refractivity contribution < 1.29 is 17.6 Å². The summed E-state index contributed by atoms with van der Waals surface area (Å²) in [6.07, 6.45) is -3.15. The Morgan fingerprint density at radius 1 is 0.960 bits per heavy atom. The van der Waals surface area contributed by atoms with E-state index >= 15 is 0 Å². The molecule has 25 heavy (non-hydrogen) atoms. The Kier molecular flexibility index (Phi) is 3.42. The van der Waals surface area contributed by atoms with Gasteiger partial charge in [-0.1, -0.05) is 30.3 Å². The van der Waals surface area contributed by atoms with Gasteiger partial charge in [0.2, 0.25) is 5.82 Å². The molecule has 1 N–H and O–H groups in total. The Balaban J connectivity index is 1.84. The maximum atomic E-state index is 13.6. The van der Waals surface area contributed by atoms with Crippen molar-refractivity contribution in [2.24, 2.45) is 0 Å². The molecule has 7 heteroatoms. The molecule has 1 saturated carbocycles. The predicted octanol–water partition coefficient (Wildman–Crippen LogP) is 4.89. The number of anilines is 1. The lowest BCUT2D eigenvalue weighted by atomic mass is 10.0. The van der Waals surface area contributed by atoms with Crippen LogP contribution in [0.2, 0.25) is 0 Å². The standard InChI is InChI=1S/C18H13F4N3/c19-12-6-7-14-13(10-12)15(24-16(23-14)18(20,21)22)25-17(8-9-17)11-4-2-1-3-5-11/h1-7,10H,8-9H2,(H,23,24,25). The Hall–Kier alpha value is -2.70. The highest BCUT2D eigenvalue weighted by atomic mass is 19.4. The molecule has 128 valence electrons. The number of fused-ring (bicyclic) bond motifs is 1. The topological polar surface area (TPSA) is 37.8 Å². The van der Waals surface area contributed by atoms with Gasteiger partial charge in [0.1, 0.15) is 11.6 Å². The Morgan fingerprint density at radius 2 is 1.68 bits per heavy atom. The van der Waals surface area contributed by atoms with Crippen LogP contribution in [0.15, 0.2) is 48.5 Å². The van der Waals surface area contributed by atoms with Crippen LogP contribution in [0.3, 0.4) is 0 Å². The van der Waals surface area contributed by atoms with E-state index in [-0.39, 0.29) is 16.7 Å². The molecule has 3 aromatic rings. The Morgan fingerprint density at radius 3 is 2.32 bits per heavy atom. The van der Waals surface area contributed by atoms with E-state index in [1.54, 1.807) is 0 Å². The molecule has 0 aliphatic heterocycles. The fourth-order valence-electron chi connectivity index (χ4n) is 2.92. The van der Waals surface area contributed by atoms with Crippen molar-refractivity contribution in [3.63, 3.8) is 0 Å². The summed E-state index contributed by atoms with van der Waals surface area (Å²) in [6.45, 7) is 0. The van der Waals surface area contributed by atoms with Crippen molar-refractivity contribution >= 4 is 16.7 Å². The zero-order valence-corrected chi connectivity index (χ0v) is 12.9. The van der Waals surface area contributed by atoms with Crippen LogP contribution in [0.5, 0.6) is 0 Å². The van der Waals surface area contributed by atoms with Crippen LogP contribution < -0.4 is 5.32 Å². The minimum absolute atomic E-state index is 0.00169. The van der Waals surface area contributed by atoms with Crippen molar-refractivity contribution in [1.82, 2.24) is 9.97 Å². The minimum Gasteiger partial charge on any atom is -0.360 e. The Labute approximate surface area is 140 Å². The highest BCUT2D eigenvalue weighted by molar-refractivity contribution is 5.89. The SMILES string of the molecule is Fc1ccc2nc(C(F)(F)F)nc(NC3(c4ccccc4)CC3)c2c1. The second kappa shape index (κ2) is 5.40. The fourth-order valence-corrected chi connectivity index (χ4v) is 2.92. The molecule has 0 bridgehead atoms. The summed E-state index contributed by atoms with van der Waals surface area (Å²) in [5.74, 6) is -1.79. The van der Waals surface area contributed by atoms with Gasteiger partial charge in [-0.3, -0.25) is 0 Å². The third-order valence-corrected chi connectivity index (χ3v) is 4.35. The van der Waals surface area contributed by atoms with Gasteiger partial charge >= 0.3 is 6.18 Å². The van der Waals surface area contributed by atoms with E-state index < -0.39 is 23.4 Å². The molecular weight excluding hydrogens is 334 g/mol. The molecule has 0 saturated heterocycles. The molecule has 0 amide bonds. The van der Waals surface area contributed by atoms with E-state index in [1.807, 2.05) is 30.3 Å². The molecule has 1 fully saturated rings. The molecule has 1 heterocycles. The first kappa shape index (κ1) is 15.8. The van der Waals surface area contributed by atoms with E-state index in [1.165, 1.54) is 6.07 Å². The second-order valence-corrected chi connectivity index (χ2v) is 6.13. The summed E-state index contributed by atoms with van der Waals surface area (Å²) in [4.78, 5) is 7.18. The summed E-state index contributed by atoms with van der Waals surface area (Å²) in [5, 5.41) is 3.34. The summed E-state index contributed by atoms with van der Waals surface area (Å²) in [7, 11) is 0. The van der Waals surface area contributed by atoms with E-state index in [0.29, 0.717) is 0 Å². The predicted molar refractivity (Wildman–Crippen MR) is 85.5 cm³/mol. The highest BCUT2D eigenvalue weighted by Crippen LogP contribution is 2.48. The molecule has 1 aliphatic carbocycles. The molecule has 1 aliphatic rings. The number of hydrogen-bond donors (Lipinski definition) is 1. The van der Waals surface area contributed by atoms with Crippen molar-refractivity contribution in [2.45, 2.75) is 24.6 Å². The molecule has 4 rings (SSSR count). The van der Waals surface area contributed by atoms with E-state index in [2.05, 4.69) is 15.3 Å². The average Bonchev–Trinajstić information content (AvgIpc) is 3.36. The smallest absolute Gasteiger partial charge is 0.360 e. The number of halogens is 4. The number of nitrogens with zero attached hydrogens (tertiary/aromatic N) is 2. The number of alkyl halides is 3. The third kappa shape index (κ3) is 2.90. The summed E-state index contributed by atoms with van der Waals surface area (Å²) in [5.41, 5.74) is 0.541. The molecule has 3 nitrogen and oxygen atoms in total. The molecular formula is C18H13F4N3. The maximum absolute atomic E-state index is 13.6. The number of aromatic nitrogens is 2. The van der Waals surface area contributed by atoms with Gasteiger partial charge in [-0.05, 0) is 36.6 Å². The van der Waals surface area contributed by atoms with Gasteiger partial charge in [0.25, 0.3) is 0 Å². The van der Waals surface area contributed by atoms with E-state index in [0.717, 1.165) is 30.5 Å². The first-order chi connectivity index (χ1) is 11.9. The minimum atomic E-state index is -4.68. The largest absolute Gasteiger partial charge is 0.451 e. The monoisotopic (exact) mass is 347 g/mol. The van der Waals surface area contributed by atoms with Gasteiger partial charge in [0.15, 0.2) is 0 Å². The number of nitrogens with one attached hydrogen (secondary N) is 1. The average molecular weight is 347 g/mol. The first-order valence-corrected chi connectivity index (χ1v) is 7.76. The van der Waals surface area contributed by atoms with Gasteiger partial charge < -0.3 is 5.32 Å². The Bertz CT molecular complexity index is 934. The molecule has 0 atom stereocenters. The van der Waals surface area contributed by atoms with Crippen molar-refractivity contribution in [1.29, 1.82) is 0 Å². The van der Waals surface area contributed by atoms with Crippen LogP contribution in [0.1, 0.15) is 24.2 Å². The van der Waals surface area contributed by atoms with Crippen molar-refractivity contribution in [3.05, 3.63) is 65.7 Å². The lowest BCUT2D eigenvalue weighted by molar-refractivity contribution is -0.144. The zero-order chi connectivity index (χ0) is 17.7. The third-order valence-electron chi connectivity index (χ3n) is 4.35. The van der Waals surface area contributed by atoms with Gasteiger partial charge in [0.05, 0.1) is 11.1 Å². The molecule has 0 radical (unpaired) electrons. The summed E-state index contributed by atoms with van der Waals surface area (Å²) in [6, 6.07) is 12.9. The van der Waals surface area contributed by atoms with Crippen LogP contribution in [0.25, 0.3) is 10.9 Å². The highest BCUT2D eigenvalue weighted by Gasteiger charge is 2.45. The van der Waals surface area contributed by atoms with Crippen LogP contribution in [0, 0.1) is 5.82 Å². The molecule has 2 aromatic carbocycles. The second-order valence-electron chi connectivity index (χ2n) is 6.13. The molecule has 0 unspecified atom stereocenters. The fraction of sp³-hybridized carbons (Fsp3) is 0.222. The van der Waals surface area contributed by atoms with E-state index in [4.69, 9.17) is 0 Å². The van der Waals surface area contributed by atoms with Crippen LogP contribution in [-0.4, -0.2) is 9.97 Å².